The van der Waals surface area contributed by atoms with Gasteiger partial charge in [-0.2, -0.15) is 0 Å². The normalized spacial score (nSPS) is 30.0. The van der Waals surface area contributed by atoms with Crippen LogP contribution in [0.25, 0.3) is 0 Å². The van der Waals surface area contributed by atoms with Gasteiger partial charge in [0.2, 0.25) is 6.79 Å². The maximum Gasteiger partial charge on any atom is 0.231 e. The molecule has 5 nitrogen and oxygen atoms in total. The molecule has 1 saturated heterocycles. The van der Waals surface area contributed by atoms with E-state index in [2.05, 4.69) is 0 Å². The molecule has 2 aliphatic heterocycles. The Bertz CT molecular complexity index is 633. The molecule has 0 aromatic heterocycles. The van der Waals surface area contributed by atoms with Crippen molar-refractivity contribution in [2.24, 2.45) is 0 Å². The van der Waals surface area contributed by atoms with Crippen molar-refractivity contribution in [2.75, 3.05) is 13.6 Å². The number of ether oxygens (including phenoxy) is 4. The van der Waals surface area contributed by atoms with Crippen LogP contribution in [-0.2, 0) is 19.9 Å². The number of aldehydes is 1. The third-order valence-corrected chi connectivity index (χ3v) is 3.81. The smallest absolute Gasteiger partial charge is 0.231 e. The summed E-state index contributed by atoms with van der Waals surface area (Å²) in [6, 6.07) is 5.63. The van der Waals surface area contributed by atoms with E-state index in [1.807, 2.05) is 30.4 Å². The number of carbonyl (C=O) groups is 1. The fourth-order valence-corrected chi connectivity index (χ4v) is 2.92. The van der Waals surface area contributed by atoms with Gasteiger partial charge in [0.1, 0.15) is 24.8 Å². The van der Waals surface area contributed by atoms with E-state index in [1.165, 1.54) is 0 Å². The zero-order chi connectivity index (χ0) is 13.6. The van der Waals surface area contributed by atoms with Crippen LogP contribution in [0.2, 0.25) is 0 Å². The van der Waals surface area contributed by atoms with Crippen LogP contribution < -0.4 is 9.47 Å². The number of allylic oxidation sites excluding steroid dienone is 2. The lowest BCUT2D eigenvalue weighted by molar-refractivity contribution is -0.106. The molecule has 0 amide bonds. The molecule has 2 heterocycles. The Morgan fingerprint density at radius 3 is 3.10 bits per heavy atom. The second-order valence-corrected chi connectivity index (χ2v) is 4.78. The highest BCUT2D eigenvalue weighted by Gasteiger charge is 2.50. The van der Waals surface area contributed by atoms with Crippen LogP contribution in [0.3, 0.4) is 0 Å². The van der Waals surface area contributed by atoms with Crippen LogP contribution in [-0.4, -0.2) is 26.0 Å². The maximum atomic E-state index is 11.2. The summed E-state index contributed by atoms with van der Waals surface area (Å²) >= 11 is 0. The topological polar surface area (TPSA) is 54.0 Å². The second kappa shape index (κ2) is 4.19. The summed E-state index contributed by atoms with van der Waals surface area (Å²) in [5.74, 6) is 1.33. The summed E-state index contributed by atoms with van der Waals surface area (Å²) in [4.78, 5) is 11.2. The largest absolute Gasteiger partial charge is 0.454 e. The number of hydrogen-bond donors (Lipinski definition) is 0. The van der Waals surface area contributed by atoms with Gasteiger partial charge in [0.15, 0.2) is 11.5 Å². The molecule has 20 heavy (non-hydrogen) atoms. The highest BCUT2D eigenvalue weighted by molar-refractivity contribution is 5.77. The molecular formula is C15H12O5. The lowest BCUT2D eigenvalue weighted by atomic mass is 9.81. The molecule has 2 unspecified atom stereocenters. The first-order chi connectivity index (χ1) is 9.85. The van der Waals surface area contributed by atoms with Gasteiger partial charge in [0, 0.05) is 11.1 Å². The molecule has 1 aliphatic carbocycles. The number of carbonyl (C=O) groups excluding carboxylic acids is 1. The van der Waals surface area contributed by atoms with Crippen molar-refractivity contribution in [2.45, 2.75) is 11.7 Å². The summed E-state index contributed by atoms with van der Waals surface area (Å²) in [6.07, 6.45) is 5.79. The van der Waals surface area contributed by atoms with Gasteiger partial charge in [-0.25, -0.2) is 0 Å². The Balaban J connectivity index is 1.89. The van der Waals surface area contributed by atoms with E-state index in [-0.39, 0.29) is 13.6 Å². The lowest BCUT2D eigenvalue weighted by Crippen LogP contribution is -2.38. The Hall–Kier alpha value is -2.11. The van der Waals surface area contributed by atoms with E-state index in [4.69, 9.17) is 18.9 Å². The average Bonchev–Trinajstić information content (AvgIpc) is 3.13. The fourth-order valence-electron chi connectivity index (χ4n) is 2.92. The summed E-state index contributed by atoms with van der Waals surface area (Å²) in [5.41, 5.74) is 0.546. The van der Waals surface area contributed by atoms with Gasteiger partial charge < -0.3 is 18.9 Å². The van der Waals surface area contributed by atoms with E-state index in [0.717, 1.165) is 11.8 Å². The number of hydrogen-bond acceptors (Lipinski definition) is 5. The third-order valence-electron chi connectivity index (χ3n) is 3.81. The van der Waals surface area contributed by atoms with Crippen molar-refractivity contribution in [1.29, 1.82) is 0 Å². The molecule has 0 bridgehead atoms. The maximum absolute atomic E-state index is 11.2. The van der Waals surface area contributed by atoms with Crippen molar-refractivity contribution in [3.05, 3.63) is 47.6 Å². The molecule has 102 valence electrons. The Morgan fingerprint density at radius 2 is 2.20 bits per heavy atom. The monoisotopic (exact) mass is 272 g/mol. The first kappa shape index (κ1) is 11.7. The number of fused-ring (bicyclic) bond motifs is 2. The summed E-state index contributed by atoms with van der Waals surface area (Å²) in [6.45, 7) is 0.318. The predicted octanol–water partition coefficient (Wildman–Crippen LogP) is 1.68. The van der Waals surface area contributed by atoms with Crippen molar-refractivity contribution in [1.82, 2.24) is 0 Å². The molecule has 1 aromatic rings. The molecular weight excluding hydrogens is 260 g/mol. The van der Waals surface area contributed by atoms with E-state index in [0.29, 0.717) is 17.1 Å². The van der Waals surface area contributed by atoms with Gasteiger partial charge in [-0.1, -0.05) is 24.3 Å². The van der Waals surface area contributed by atoms with E-state index in [9.17, 15) is 4.79 Å². The number of para-hydroxylation sites is 1. The molecule has 4 rings (SSSR count). The SMILES string of the molecule is O=CC1=CC=CC2(c3cccc4c3OCO4)OCOC12. The quantitative estimate of drug-likeness (QED) is 0.767. The van der Waals surface area contributed by atoms with Crippen LogP contribution in [0.15, 0.2) is 42.0 Å². The van der Waals surface area contributed by atoms with Gasteiger partial charge in [-0.05, 0) is 12.1 Å². The van der Waals surface area contributed by atoms with Gasteiger partial charge in [0.05, 0.1) is 0 Å². The summed E-state index contributed by atoms with van der Waals surface area (Å²) < 4.78 is 22.4. The zero-order valence-corrected chi connectivity index (χ0v) is 10.6. The Labute approximate surface area is 115 Å². The molecule has 0 saturated carbocycles. The zero-order valence-electron chi connectivity index (χ0n) is 10.6. The Kier molecular flexibility index (Phi) is 2.45. The fraction of sp³-hybridized carbons (Fsp3) is 0.267. The minimum absolute atomic E-state index is 0.130. The molecule has 5 heteroatoms. The van der Waals surface area contributed by atoms with Crippen molar-refractivity contribution < 1.29 is 23.7 Å². The highest BCUT2D eigenvalue weighted by atomic mass is 16.7. The first-order valence-electron chi connectivity index (χ1n) is 6.34. The minimum Gasteiger partial charge on any atom is -0.454 e. The molecule has 2 atom stereocenters. The van der Waals surface area contributed by atoms with Crippen LogP contribution in [0.1, 0.15) is 5.56 Å². The van der Waals surface area contributed by atoms with Gasteiger partial charge in [0.25, 0.3) is 0 Å². The van der Waals surface area contributed by atoms with Crippen molar-refractivity contribution >= 4 is 6.29 Å². The van der Waals surface area contributed by atoms with Crippen LogP contribution in [0, 0.1) is 0 Å². The molecule has 1 aromatic carbocycles. The van der Waals surface area contributed by atoms with Gasteiger partial charge in [-0.3, -0.25) is 4.79 Å². The molecule has 3 aliphatic rings. The second-order valence-electron chi connectivity index (χ2n) is 4.78. The van der Waals surface area contributed by atoms with Crippen LogP contribution in [0.5, 0.6) is 11.5 Å². The van der Waals surface area contributed by atoms with Gasteiger partial charge in [-0.15, -0.1) is 0 Å². The minimum atomic E-state index is -0.829. The molecule has 0 spiro atoms. The van der Waals surface area contributed by atoms with E-state index in [1.54, 1.807) is 6.08 Å². The first-order valence-corrected chi connectivity index (χ1v) is 6.34. The van der Waals surface area contributed by atoms with Gasteiger partial charge >= 0.3 is 0 Å². The summed E-state index contributed by atoms with van der Waals surface area (Å²) in [5, 5.41) is 0. The molecule has 0 radical (unpaired) electrons. The predicted molar refractivity (Wildman–Crippen MR) is 68.4 cm³/mol. The van der Waals surface area contributed by atoms with Crippen LogP contribution >= 0.6 is 0 Å². The highest BCUT2D eigenvalue weighted by Crippen LogP contribution is 2.49. The standard InChI is InChI=1S/C15H12O5/c16-7-10-3-2-6-15(14(10)19-9-20-15)11-4-1-5-12-13(11)18-8-17-12/h1-7,14H,8-9H2. The van der Waals surface area contributed by atoms with Crippen molar-refractivity contribution in [3.63, 3.8) is 0 Å². The van der Waals surface area contributed by atoms with Crippen molar-refractivity contribution in [3.8, 4) is 11.5 Å². The van der Waals surface area contributed by atoms with Crippen LogP contribution in [0.4, 0.5) is 0 Å². The Morgan fingerprint density at radius 1 is 1.25 bits per heavy atom. The number of benzene rings is 1. The average molecular weight is 272 g/mol. The third kappa shape index (κ3) is 1.42. The van der Waals surface area contributed by atoms with E-state index >= 15 is 0 Å². The summed E-state index contributed by atoms with van der Waals surface area (Å²) in [7, 11) is 0. The van der Waals surface area contributed by atoms with E-state index < -0.39 is 11.7 Å². The lowest BCUT2D eigenvalue weighted by Gasteiger charge is -2.32. The number of rotatable bonds is 2. The molecule has 0 N–H and O–H groups in total. The molecule has 1 fully saturated rings.